The summed E-state index contributed by atoms with van der Waals surface area (Å²) in [4.78, 5) is 24.4. The smallest absolute Gasteiger partial charge is 0.344 e. The summed E-state index contributed by atoms with van der Waals surface area (Å²) in [6, 6.07) is 19.4. The molecule has 6 nitrogen and oxygen atoms in total. The summed E-state index contributed by atoms with van der Waals surface area (Å²) >= 11 is 6.51. The SMILES string of the molecule is Cc1c(C)n(Cc2cc(OC(C)C(=O)O)ccc2Cl)c2ccc(C(=O)N[C@@H](C)c3cccc(C4CC4)c3)cc12. The molecule has 1 unspecified atom stereocenters. The Kier molecular flexibility index (Phi) is 7.41. The third kappa shape index (κ3) is 5.66. The molecule has 1 amide bonds. The van der Waals surface area contributed by atoms with Crippen LogP contribution in [0.25, 0.3) is 10.9 Å². The Morgan fingerprint density at radius 3 is 2.56 bits per heavy atom. The number of carboxylic acids is 1. The molecule has 1 heterocycles. The van der Waals surface area contributed by atoms with Gasteiger partial charge in [-0.2, -0.15) is 0 Å². The number of ether oxygens (including phenoxy) is 1. The van der Waals surface area contributed by atoms with Crippen LogP contribution in [-0.4, -0.2) is 27.7 Å². The van der Waals surface area contributed by atoms with E-state index in [1.54, 1.807) is 18.2 Å². The van der Waals surface area contributed by atoms with E-state index in [1.165, 1.54) is 25.3 Å². The highest BCUT2D eigenvalue weighted by Gasteiger charge is 2.24. The molecule has 0 aliphatic heterocycles. The fourth-order valence-corrected chi connectivity index (χ4v) is 5.20. The first-order valence-corrected chi connectivity index (χ1v) is 13.7. The van der Waals surface area contributed by atoms with Gasteiger partial charge in [0.15, 0.2) is 6.10 Å². The van der Waals surface area contributed by atoms with Crippen molar-refractivity contribution in [3.63, 3.8) is 0 Å². The van der Waals surface area contributed by atoms with Crippen molar-refractivity contribution in [3.8, 4) is 5.75 Å². The molecule has 39 heavy (non-hydrogen) atoms. The lowest BCUT2D eigenvalue weighted by molar-refractivity contribution is -0.144. The predicted molar refractivity (Wildman–Crippen MR) is 154 cm³/mol. The zero-order valence-corrected chi connectivity index (χ0v) is 23.4. The Bertz CT molecular complexity index is 1570. The molecule has 3 aromatic carbocycles. The van der Waals surface area contributed by atoms with E-state index in [4.69, 9.17) is 16.3 Å². The van der Waals surface area contributed by atoms with Crippen LogP contribution in [0.3, 0.4) is 0 Å². The first-order valence-electron chi connectivity index (χ1n) is 13.3. The summed E-state index contributed by atoms with van der Waals surface area (Å²) in [7, 11) is 0. The van der Waals surface area contributed by atoms with Crippen LogP contribution in [0.4, 0.5) is 0 Å². The second-order valence-electron chi connectivity index (χ2n) is 10.5. The second kappa shape index (κ2) is 10.8. The van der Waals surface area contributed by atoms with Crippen LogP contribution in [-0.2, 0) is 11.3 Å². The zero-order chi connectivity index (χ0) is 27.8. The molecule has 2 atom stereocenters. The molecule has 1 saturated carbocycles. The zero-order valence-electron chi connectivity index (χ0n) is 22.6. The summed E-state index contributed by atoms with van der Waals surface area (Å²) in [5.41, 5.74) is 7.05. The Hall–Kier alpha value is -3.77. The Morgan fingerprint density at radius 2 is 1.85 bits per heavy atom. The first kappa shape index (κ1) is 26.8. The van der Waals surface area contributed by atoms with Crippen molar-refractivity contribution in [3.05, 3.63) is 99.2 Å². The van der Waals surface area contributed by atoms with Crippen LogP contribution in [0.5, 0.6) is 5.75 Å². The molecule has 2 N–H and O–H groups in total. The molecule has 5 rings (SSSR count). The van der Waals surface area contributed by atoms with E-state index >= 15 is 0 Å². The van der Waals surface area contributed by atoms with E-state index in [-0.39, 0.29) is 11.9 Å². The average Bonchev–Trinajstić information content (AvgIpc) is 3.75. The quantitative estimate of drug-likeness (QED) is 0.234. The van der Waals surface area contributed by atoms with Gasteiger partial charge in [-0.05, 0) is 105 Å². The van der Waals surface area contributed by atoms with Crippen molar-refractivity contribution in [2.75, 3.05) is 0 Å². The number of hydrogen-bond acceptors (Lipinski definition) is 3. The molecule has 1 aliphatic rings. The monoisotopic (exact) mass is 544 g/mol. The molecular formula is C32H33ClN2O4. The molecule has 1 aromatic heterocycles. The Labute approximate surface area is 233 Å². The number of aryl methyl sites for hydroxylation is 1. The van der Waals surface area contributed by atoms with Crippen molar-refractivity contribution < 1.29 is 19.4 Å². The van der Waals surface area contributed by atoms with Crippen molar-refractivity contribution in [1.82, 2.24) is 9.88 Å². The summed E-state index contributed by atoms with van der Waals surface area (Å²) in [6.45, 7) is 8.09. The summed E-state index contributed by atoms with van der Waals surface area (Å²) in [5.74, 6) is -0.0172. The highest BCUT2D eigenvalue weighted by Crippen LogP contribution is 2.40. The van der Waals surface area contributed by atoms with Gasteiger partial charge >= 0.3 is 5.97 Å². The average molecular weight is 545 g/mol. The fourth-order valence-electron chi connectivity index (χ4n) is 5.03. The molecule has 202 valence electrons. The first-order chi connectivity index (χ1) is 18.6. The van der Waals surface area contributed by atoms with Gasteiger partial charge in [-0.1, -0.05) is 35.9 Å². The van der Waals surface area contributed by atoms with E-state index in [0.717, 1.165) is 33.3 Å². The number of benzene rings is 3. The maximum absolute atomic E-state index is 13.2. The highest BCUT2D eigenvalue weighted by atomic mass is 35.5. The summed E-state index contributed by atoms with van der Waals surface area (Å²) < 4.78 is 7.70. The van der Waals surface area contributed by atoms with E-state index in [9.17, 15) is 14.7 Å². The Balaban J connectivity index is 1.38. The van der Waals surface area contributed by atoms with Gasteiger partial charge in [-0.15, -0.1) is 0 Å². The lowest BCUT2D eigenvalue weighted by Crippen LogP contribution is -2.26. The third-order valence-electron chi connectivity index (χ3n) is 7.71. The standard InChI is InChI=1S/C32H33ClN2O4/c1-18-20(3)35(17-26-15-27(11-12-29(26)33)39-21(4)32(37)38)30-13-10-25(16-28(18)30)31(36)34-19(2)23-6-5-7-24(14-23)22-8-9-22/h5-7,10-16,19,21-22H,8-9,17H2,1-4H3,(H,34,36)(H,37,38)/t19-,21?/m0/s1. The topological polar surface area (TPSA) is 80.6 Å². The van der Waals surface area contributed by atoms with Crippen LogP contribution in [0.1, 0.15) is 77.0 Å². The van der Waals surface area contributed by atoms with E-state index in [1.807, 2.05) is 32.0 Å². The Morgan fingerprint density at radius 1 is 1.08 bits per heavy atom. The number of halogens is 1. The summed E-state index contributed by atoms with van der Waals surface area (Å²) in [6.07, 6.45) is 1.53. The number of aliphatic carboxylic acids is 1. The molecule has 0 spiro atoms. The van der Waals surface area contributed by atoms with Crippen molar-refractivity contribution in [2.45, 2.75) is 65.1 Å². The van der Waals surface area contributed by atoms with Gasteiger partial charge in [0.25, 0.3) is 5.91 Å². The number of amides is 1. The van der Waals surface area contributed by atoms with Crippen LogP contribution in [0.2, 0.25) is 5.02 Å². The number of rotatable bonds is 9. The molecule has 0 saturated heterocycles. The lowest BCUT2D eigenvalue weighted by atomic mass is 10.0. The lowest BCUT2D eigenvalue weighted by Gasteiger charge is -2.16. The van der Waals surface area contributed by atoms with Crippen molar-refractivity contribution >= 4 is 34.4 Å². The highest BCUT2D eigenvalue weighted by molar-refractivity contribution is 6.31. The third-order valence-corrected chi connectivity index (χ3v) is 8.08. The van der Waals surface area contributed by atoms with Crippen LogP contribution in [0, 0.1) is 13.8 Å². The van der Waals surface area contributed by atoms with E-state index < -0.39 is 12.1 Å². The largest absolute Gasteiger partial charge is 0.479 e. The number of carboxylic acid groups (broad SMARTS) is 1. The van der Waals surface area contributed by atoms with Gasteiger partial charge in [0.2, 0.25) is 0 Å². The van der Waals surface area contributed by atoms with Crippen LogP contribution >= 0.6 is 11.6 Å². The van der Waals surface area contributed by atoms with Gasteiger partial charge in [-0.3, -0.25) is 4.79 Å². The number of fused-ring (bicyclic) bond motifs is 1. The van der Waals surface area contributed by atoms with Gasteiger partial charge in [-0.25, -0.2) is 4.79 Å². The molecule has 0 bridgehead atoms. The molecular weight excluding hydrogens is 512 g/mol. The number of hydrogen-bond donors (Lipinski definition) is 2. The summed E-state index contributed by atoms with van der Waals surface area (Å²) in [5, 5.41) is 13.9. The minimum atomic E-state index is -1.03. The molecule has 0 radical (unpaired) electrons. The molecule has 4 aromatic rings. The van der Waals surface area contributed by atoms with Gasteiger partial charge < -0.3 is 19.7 Å². The number of carbonyl (C=O) groups excluding carboxylic acids is 1. The fraction of sp³-hybridized carbons (Fsp3) is 0.312. The normalized spacial score (nSPS) is 14.7. The molecule has 1 fully saturated rings. The number of aromatic nitrogens is 1. The minimum absolute atomic E-state index is 0.0974. The molecule has 7 heteroatoms. The number of carbonyl (C=O) groups is 2. The number of nitrogens with one attached hydrogen (secondary N) is 1. The van der Waals surface area contributed by atoms with Crippen molar-refractivity contribution in [1.29, 1.82) is 0 Å². The van der Waals surface area contributed by atoms with Crippen LogP contribution in [0.15, 0.2) is 60.7 Å². The maximum Gasteiger partial charge on any atom is 0.344 e. The minimum Gasteiger partial charge on any atom is -0.479 e. The second-order valence-corrected chi connectivity index (χ2v) is 10.9. The van der Waals surface area contributed by atoms with E-state index in [0.29, 0.717) is 28.8 Å². The molecule has 1 aliphatic carbocycles. The van der Waals surface area contributed by atoms with Crippen molar-refractivity contribution in [2.24, 2.45) is 0 Å². The van der Waals surface area contributed by atoms with E-state index in [2.05, 4.69) is 41.1 Å². The predicted octanol–water partition coefficient (Wildman–Crippen LogP) is 7.18. The van der Waals surface area contributed by atoms with Crippen LogP contribution < -0.4 is 10.1 Å². The maximum atomic E-state index is 13.2. The number of nitrogens with zero attached hydrogens (tertiary/aromatic N) is 1. The van der Waals surface area contributed by atoms with Gasteiger partial charge in [0.1, 0.15) is 5.75 Å². The van der Waals surface area contributed by atoms with Gasteiger partial charge in [0, 0.05) is 33.7 Å². The van der Waals surface area contributed by atoms with Gasteiger partial charge in [0.05, 0.1) is 6.04 Å².